The molecule has 0 radical (unpaired) electrons. The molecule has 0 aliphatic rings. The summed E-state index contributed by atoms with van der Waals surface area (Å²) in [5, 5.41) is 4.45. The number of fused-ring (bicyclic) bond motifs is 1. The Balaban J connectivity index is 1.93. The Kier molecular flexibility index (Phi) is 5.94. The van der Waals surface area contributed by atoms with Crippen molar-refractivity contribution in [3.8, 4) is 5.75 Å². The molecule has 1 atom stereocenters. The molecule has 0 bridgehead atoms. The van der Waals surface area contributed by atoms with E-state index in [-0.39, 0.29) is 0 Å². The monoisotopic (exact) mass is 307 g/mol. The van der Waals surface area contributed by atoms with Crippen molar-refractivity contribution in [2.75, 3.05) is 18.9 Å². The van der Waals surface area contributed by atoms with Crippen molar-refractivity contribution in [2.24, 2.45) is 5.92 Å². The van der Waals surface area contributed by atoms with Gasteiger partial charge in [0.05, 0.1) is 17.6 Å². The van der Waals surface area contributed by atoms with Crippen molar-refractivity contribution in [2.45, 2.75) is 38.9 Å². The van der Waals surface area contributed by atoms with Gasteiger partial charge >= 0.3 is 0 Å². The number of nitrogens with one attached hydrogen (secondary N) is 2. The molecule has 1 unspecified atom stereocenters. The predicted molar refractivity (Wildman–Crippen MR) is 90.3 cm³/mol. The number of nitrogens with zero attached hydrogens (tertiary/aromatic N) is 1. The molecule has 0 aliphatic carbocycles. The SMILES string of the molecule is CCOc1ccc2nc(SCC(C)CNC(C)C)[nH]c2c1. The maximum atomic E-state index is 5.51. The van der Waals surface area contributed by atoms with Crippen LogP contribution in [0.25, 0.3) is 11.0 Å². The van der Waals surface area contributed by atoms with E-state index < -0.39 is 0 Å². The average molecular weight is 307 g/mol. The van der Waals surface area contributed by atoms with E-state index in [9.17, 15) is 0 Å². The molecule has 21 heavy (non-hydrogen) atoms. The first-order valence-electron chi connectivity index (χ1n) is 7.57. The summed E-state index contributed by atoms with van der Waals surface area (Å²) in [6.45, 7) is 10.3. The second-order valence-corrected chi connectivity index (χ2v) is 6.64. The lowest BCUT2D eigenvalue weighted by molar-refractivity contribution is 0.340. The number of hydrogen-bond donors (Lipinski definition) is 2. The molecule has 0 spiro atoms. The number of benzene rings is 1. The summed E-state index contributed by atoms with van der Waals surface area (Å²) >= 11 is 1.78. The van der Waals surface area contributed by atoms with Crippen molar-refractivity contribution in [3.63, 3.8) is 0 Å². The minimum atomic E-state index is 0.542. The highest BCUT2D eigenvalue weighted by Crippen LogP contribution is 2.24. The van der Waals surface area contributed by atoms with Crippen molar-refractivity contribution in [1.82, 2.24) is 15.3 Å². The lowest BCUT2D eigenvalue weighted by Crippen LogP contribution is -2.28. The van der Waals surface area contributed by atoms with E-state index in [1.807, 2.05) is 25.1 Å². The lowest BCUT2D eigenvalue weighted by Gasteiger charge is -2.13. The Morgan fingerprint density at radius 1 is 1.33 bits per heavy atom. The summed E-state index contributed by atoms with van der Waals surface area (Å²) in [4.78, 5) is 7.98. The molecule has 0 fully saturated rings. The summed E-state index contributed by atoms with van der Waals surface area (Å²) in [6.07, 6.45) is 0. The van der Waals surface area contributed by atoms with Gasteiger partial charge in [-0.1, -0.05) is 32.5 Å². The number of hydrogen-bond acceptors (Lipinski definition) is 4. The van der Waals surface area contributed by atoms with Crippen molar-refractivity contribution in [3.05, 3.63) is 18.2 Å². The number of ether oxygens (including phenoxy) is 1. The van der Waals surface area contributed by atoms with Crippen LogP contribution in [0.2, 0.25) is 0 Å². The van der Waals surface area contributed by atoms with Gasteiger partial charge in [0.25, 0.3) is 0 Å². The van der Waals surface area contributed by atoms with Gasteiger partial charge in [0.1, 0.15) is 5.75 Å². The summed E-state index contributed by atoms with van der Waals surface area (Å²) < 4.78 is 5.51. The highest BCUT2D eigenvalue weighted by molar-refractivity contribution is 7.99. The summed E-state index contributed by atoms with van der Waals surface area (Å²) in [7, 11) is 0. The topological polar surface area (TPSA) is 49.9 Å². The first kappa shape index (κ1) is 16.2. The second-order valence-electron chi connectivity index (χ2n) is 5.63. The highest BCUT2D eigenvalue weighted by Gasteiger charge is 2.08. The number of aromatic nitrogens is 2. The first-order valence-corrected chi connectivity index (χ1v) is 8.55. The fourth-order valence-corrected chi connectivity index (χ4v) is 2.91. The quantitative estimate of drug-likeness (QED) is 0.730. The standard InChI is InChI=1S/C16H25N3OS/c1-5-20-13-6-7-14-15(8-13)19-16(18-14)21-10-12(4)9-17-11(2)3/h6-8,11-12,17H,5,9-10H2,1-4H3,(H,18,19). The van der Waals surface area contributed by atoms with Gasteiger partial charge in [-0.15, -0.1) is 0 Å². The fourth-order valence-electron chi connectivity index (χ4n) is 2.01. The first-order chi connectivity index (χ1) is 10.1. The molecule has 1 heterocycles. The van der Waals surface area contributed by atoms with Crippen molar-refractivity contribution in [1.29, 1.82) is 0 Å². The highest BCUT2D eigenvalue weighted by atomic mass is 32.2. The van der Waals surface area contributed by atoms with Gasteiger partial charge in [0.2, 0.25) is 0 Å². The molecular weight excluding hydrogens is 282 g/mol. The number of aromatic amines is 1. The van der Waals surface area contributed by atoms with Gasteiger partial charge < -0.3 is 15.0 Å². The minimum Gasteiger partial charge on any atom is -0.494 e. The summed E-state index contributed by atoms with van der Waals surface area (Å²) in [5.74, 6) is 2.56. The average Bonchev–Trinajstić information content (AvgIpc) is 2.85. The molecule has 4 nitrogen and oxygen atoms in total. The van der Waals surface area contributed by atoms with Crippen LogP contribution in [0.4, 0.5) is 0 Å². The lowest BCUT2D eigenvalue weighted by atomic mass is 10.2. The van der Waals surface area contributed by atoms with Crippen LogP contribution in [0, 0.1) is 5.92 Å². The van der Waals surface area contributed by atoms with Crippen LogP contribution < -0.4 is 10.1 Å². The zero-order chi connectivity index (χ0) is 15.2. The van der Waals surface area contributed by atoms with Crippen LogP contribution in [0.15, 0.2) is 23.4 Å². The van der Waals surface area contributed by atoms with E-state index in [0.717, 1.165) is 34.2 Å². The fraction of sp³-hybridized carbons (Fsp3) is 0.562. The second kappa shape index (κ2) is 7.71. The maximum Gasteiger partial charge on any atom is 0.166 e. The minimum absolute atomic E-state index is 0.542. The Morgan fingerprint density at radius 2 is 2.14 bits per heavy atom. The van der Waals surface area contributed by atoms with E-state index in [4.69, 9.17) is 4.74 Å². The van der Waals surface area contributed by atoms with Crippen LogP contribution in [0.1, 0.15) is 27.7 Å². The third-order valence-electron chi connectivity index (χ3n) is 3.12. The van der Waals surface area contributed by atoms with Gasteiger partial charge in [-0.3, -0.25) is 0 Å². The zero-order valence-corrected chi connectivity index (χ0v) is 14.1. The molecule has 0 saturated heterocycles. The molecule has 5 heteroatoms. The third-order valence-corrected chi connectivity index (χ3v) is 4.32. The summed E-state index contributed by atoms with van der Waals surface area (Å²) in [6, 6.07) is 6.53. The molecule has 1 aromatic heterocycles. The maximum absolute atomic E-state index is 5.51. The molecule has 116 valence electrons. The van der Waals surface area contributed by atoms with Gasteiger partial charge in [0.15, 0.2) is 5.16 Å². The number of imidazole rings is 1. The van der Waals surface area contributed by atoms with Gasteiger partial charge in [-0.05, 0) is 31.5 Å². The Labute approximate surface area is 131 Å². The van der Waals surface area contributed by atoms with Gasteiger partial charge in [0, 0.05) is 17.9 Å². The molecule has 0 amide bonds. The predicted octanol–water partition coefficient (Wildman–Crippen LogP) is 3.69. The van der Waals surface area contributed by atoms with E-state index in [1.165, 1.54) is 0 Å². The van der Waals surface area contributed by atoms with E-state index >= 15 is 0 Å². The van der Waals surface area contributed by atoms with E-state index in [0.29, 0.717) is 18.6 Å². The van der Waals surface area contributed by atoms with E-state index in [1.54, 1.807) is 11.8 Å². The number of rotatable bonds is 8. The number of thioether (sulfide) groups is 1. The Morgan fingerprint density at radius 3 is 2.86 bits per heavy atom. The third kappa shape index (κ3) is 4.93. The zero-order valence-electron chi connectivity index (χ0n) is 13.3. The van der Waals surface area contributed by atoms with Crippen LogP contribution in [-0.4, -0.2) is 34.9 Å². The molecule has 2 rings (SSSR count). The van der Waals surface area contributed by atoms with Gasteiger partial charge in [-0.25, -0.2) is 4.98 Å². The molecule has 2 N–H and O–H groups in total. The van der Waals surface area contributed by atoms with Crippen molar-refractivity contribution >= 4 is 22.8 Å². The molecule has 0 saturated carbocycles. The van der Waals surface area contributed by atoms with Crippen LogP contribution >= 0.6 is 11.8 Å². The molecule has 1 aromatic carbocycles. The van der Waals surface area contributed by atoms with Crippen LogP contribution in [-0.2, 0) is 0 Å². The summed E-state index contributed by atoms with van der Waals surface area (Å²) in [5.41, 5.74) is 2.03. The Hall–Kier alpha value is -1.20. The van der Waals surface area contributed by atoms with E-state index in [2.05, 4.69) is 36.1 Å². The number of H-pyrrole nitrogens is 1. The normalized spacial score (nSPS) is 13.0. The van der Waals surface area contributed by atoms with Crippen LogP contribution in [0.3, 0.4) is 0 Å². The molecule has 0 aliphatic heterocycles. The van der Waals surface area contributed by atoms with Crippen LogP contribution in [0.5, 0.6) is 5.75 Å². The van der Waals surface area contributed by atoms with Crippen molar-refractivity contribution < 1.29 is 4.74 Å². The molecular formula is C16H25N3OS. The van der Waals surface area contributed by atoms with Gasteiger partial charge in [-0.2, -0.15) is 0 Å². The molecule has 2 aromatic rings. The Bertz CT molecular complexity index is 568. The smallest absolute Gasteiger partial charge is 0.166 e. The largest absolute Gasteiger partial charge is 0.494 e.